The Hall–Kier alpha value is -3.48. The predicted molar refractivity (Wildman–Crippen MR) is 98.1 cm³/mol. The number of benzene rings is 1. The van der Waals surface area contributed by atoms with Crippen molar-refractivity contribution in [2.45, 2.75) is 13.0 Å². The lowest BCUT2D eigenvalue weighted by atomic mass is 10.1. The van der Waals surface area contributed by atoms with E-state index in [1.165, 1.54) is 6.33 Å². The monoisotopic (exact) mass is 336 g/mol. The van der Waals surface area contributed by atoms with Crippen LogP contribution in [-0.4, -0.2) is 24.6 Å². The highest BCUT2D eigenvalue weighted by molar-refractivity contribution is 5.84. The van der Waals surface area contributed by atoms with Crippen molar-refractivity contribution < 1.29 is 7.59 Å². The van der Waals surface area contributed by atoms with Gasteiger partial charge in [-0.3, -0.25) is 0 Å². The Balaban J connectivity index is 0.00000131. The lowest BCUT2D eigenvalue weighted by Crippen LogP contribution is -2.04. The van der Waals surface area contributed by atoms with Gasteiger partial charge in [0, 0.05) is 21.3 Å². The molecule has 1 atom stereocenters. The van der Waals surface area contributed by atoms with Crippen LogP contribution in [0.5, 0.6) is 5.88 Å². The van der Waals surface area contributed by atoms with Crippen molar-refractivity contribution in [3.05, 3.63) is 66.7 Å². The van der Waals surface area contributed by atoms with Gasteiger partial charge < -0.3 is 10.5 Å². The first-order valence-electron chi connectivity index (χ1n) is 7.85. The minimum atomic E-state index is -0.136. The normalized spacial score (nSPS) is 12.2. The van der Waals surface area contributed by atoms with Crippen LogP contribution in [0, 0.1) is 0 Å². The molecule has 0 aliphatic rings. The summed E-state index contributed by atoms with van der Waals surface area (Å²) in [5.74, 6) is 0.829. The average Bonchev–Trinajstić information content (AvgIpc) is 2.98. The molecule has 0 amide bonds. The maximum Gasteiger partial charge on any atom is 0.217 e. The zero-order valence-electron chi connectivity index (χ0n) is 13.6. The molecule has 0 aliphatic carbocycles. The third-order valence-electron chi connectivity index (χ3n) is 3.89. The Bertz CT molecular complexity index is 1020. The fourth-order valence-corrected chi connectivity index (χ4v) is 2.66. The predicted octanol–water partition coefficient (Wildman–Crippen LogP) is 3.40. The molecule has 0 aliphatic heterocycles. The SMILES string of the molecule is C[C@@H](Oc1cc(-c2c(N)nn3cccnc23)ncn1)c1ccccc1.[HH].[HH]. The second-order valence-electron chi connectivity index (χ2n) is 5.56. The minimum Gasteiger partial charge on any atom is -0.470 e. The van der Waals surface area contributed by atoms with Crippen molar-refractivity contribution in [3.63, 3.8) is 0 Å². The van der Waals surface area contributed by atoms with E-state index in [0.717, 1.165) is 5.56 Å². The molecule has 0 spiro atoms. The van der Waals surface area contributed by atoms with Crippen molar-refractivity contribution >= 4 is 11.5 Å². The number of anilines is 1. The molecule has 4 aromatic rings. The van der Waals surface area contributed by atoms with Gasteiger partial charge in [-0.2, -0.15) is 0 Å². The molecule has 4 rings (SSSR count). The Labute approximate surface area is 147 Å². The Morgan fingerprint density at radius 1 is 1.12 bits per heavy atom. The smallest absolute Gasteiger partial charge is 0.217 e. The number of nitrogens with two attached hydrogens (primary N) is 1. The number of hydrogen-bond donors (Lipinski definition) is 1. The zero-order chi connectivity index (χ0) is 17.2. The number of hydrogen-bond acceptors (Lipinski definition) is 6. The Morgan fingerprint density at radius 2 is 1.96 bits per heavy atom. The van der Waals surface area contributed by atoms with Crippen LogP contribution in [-0.2, 0) is 0 Å². The molecule has 0 radical (unpaired) electrons. The Kier molecular flexibility index (Phi) is 3.74. The third-order valence-corrected chi connectivity index (χ3v) is 3.89. The van der Waals surface area contributed by atoms with Crippen molar-refractivity contribution in [1.29, 1.82) is 0 Å². The van der Waals surface area contributed by atoms with Gasteiger partial charge in [-0.05, 0) is 18.6 Å². The van der Waals surface area contributed by atoms with E-state index in [1.54, 1.807) is 29.0 Å². The van der Waals surface area contributed by atoms with E-state index in [4.69, 9.17) is 10.5 Å². The van der Waals surface area contributed by atoms with Gasteiger partial charge in [-0.1, -0.05) is 30.3 Å². The molecule has 128 valence electrons. The molecule has 0 fully saturated rings. The molecule has 0 bridgehead atoms. The summed E-state index contributed by atoms with van der Waals surface area (Å²) in [4.78, 5) is 12.8. The van der Waals surface area contributed by atoms with E-state index in [9.17, 15) is 0 Å². The molecule has 7 heteroatoms. The fraction of sp³-hybridized carbons (Fsp3) is 0.111. The minimum absolute atomic E-state index is 0. The molecule has 0 saturated heterocycles. The van der Waals surface area contributed by atoms with Crippen LogP contribution < -0.4 is 10.5 Å². The largest absolute Gasteiger partial charge is 0.470 e. The van der Waals surface area contributed by atoms with Crippen LogP contribution in [0.1, 0.15) is 21.4 Å². The highest BCUT2D eigenvalue weighted by Crippen LogP contribution is 2.29. The highest BCUT2D eigenvalue weighted by Gasteiger charge is 2.16. The number of fused-ring (bicyclic) bond motifs is 1. The Morgan fingerprint density at radius 3 is 2.80 bits per heavy atom. The number of rotatable bonds is 4. The number of nitrogens with zero attached hydrogens (tertiary/aromatic N) is 5. The summed E-state index contributed by atoms with van der Waals surface area (Å²) in [6.07, 6.45) is 4.80. The lowest BCUT2D eigenvalue weighted by molar-refractivity contribution is 0.217. The van der Waals surface area contributed by atoms with Crippen LogP contribution in [0.3, 0.4) is 0 Å². The molecule has 25 heavy (non-hydrogen) atoms. The van der Waals surface area contributed by atoms with Crippen LogP contribution in [0.25, 0.3) is 16.9 Å². The molecular formula is C18H20N6O. The number of ether oxygens (including phenoxy) is 1. The van der Waals surface area contributed by atoms with Gasteiger partial charge in [0.05, 0.1) is 11.3 Å². The van der Waals surface area contributed by atoms with E-state index in [2.05, 4.69) is 20.1 Å². The summed E-state index contributed by atoms with van der Waals surface area (Å²) in [6.45, 7) is 1.97. The summed E-state index contributed by atoms with van der Waals surface area (Å²) in [6, 6.07) is 13.5. The van der Waals surface area contributed by atoms with Crippen LogP contribution >= 0.6 is 0 Å². The van der Waals surface area contributed by atoms with E-state index < -0.39 is 0 Å². The van der Waals surface area contributed by atoms with Gasteiger partial charge in [0.15, 0.2) is 11.5 Å². The fourth-order valence-electron chi connectivity index (χ4n) is 2.66. The van der Waals surface area contributed by atoms with Crippen molar-refractivity contribution in [3.8, 4) is 17.1 Å². The molecule has 3 heterocycles. The summed E-state index contributed by atoms with van der Waals surface area (Å²) in [5, 5.41) is 4.26. The van der Waals surface area contributed by atoms with E-state index in [0.29, 0.717) is 28.6 Å². The van der Waals surface area contributed by atoms with E-state index >= 15 is 0 Å². The van der Waals surface area contributed by atoms with Gasteiger partial charge in [0.25, 0.3) is 0 Å². The second kappa shape index (κ2) is 6.20. The first-order chi connectivity index (χ1) is 12.2. The summed E-state index contributed by atoms with van der Waals surface area (Å²) in [5.41, 5.74) is 9.05. The topological polar surface area (TPSA) is 91.2 Å². The van der Waals surface area contributed by atoms with E-state index in [1.807, 2.05) is 37.3 Å². The maximum absolute atomic E-state index is 6.05. The van der Waals surface area contributed by atoms with Crippen molar-refractivity contribution in [1.82, 2.24) is 24.6 Å². The standard InChI is InChI=1S/C18H16N6O.2H2/c1-12(13-6-3-2-4-7-13)25-15-10-14(21-11-22-15)16-17(19)23-24-9-5-8-20-18(16)24;;/h2-12H,1H3,(H2,19,23);2*1H/t12-;;/m1../s1. The van der Waals surface area contributed by atoms with Gasteiger partial charge in [0.1, 0.15) is 12.4 Å². The van der Waals surface area contributed by atoms with Crippen LogP contribution in [0.2, 0.25) is 0 Å². The molecule has 7 nitrogen and oxygen atoms in total. The molecule has 0 unspecified atom stereocenters. The van der Waals surface area contributed by atoms with Crippen LogP contribution in [0.15, 0.2) is 61.2 Å². The average molecular weight is 336 g/mol. The van der Waals surface area contributed by atoms with Crippen LogP contribution in [0.4, 0.5) is 5.82 Å². The number of nitrogen functional groups attached to an aromatic ring is 1. The third kappa shape index (κ3) is 2.87. The summed E-state index contributed by atoms with van der Waals surface area (Å²) >= 11 is 0. The maximum atomic E-state index is 6.05. The molecule has 2 N–H and O–H groups in total. The second-order valence-corrected chi connectivity index (χ2v) is 5.56. The van der Waals surface area contributed by atoms with Gasteiger partial charge in [-0.25, -0.2) is 19.5 Å². The van der Waals surface area contributed by atoms with Gasteiger partial charge in [0.2, 0.25) is 5.88 Å². The number of aromatic nitrogens is 5. The molecular weight excluding hydrogens is 316 g/mol. The molecule has 0 saturated carbocycles. The lowest BCUT2D eigenvalue weighted by Gasteiger charge is -2.14. The van der Waals surface area contributed by atoms with Crippen molar-refractivity contribution in [2.75, 3.05) is 5.73 Å². The zero-order valence-corrected chi connectivity index (χ0v) is 13.6. The first kappa shape index (κ1) is 15.1. The molecule has 1 aromatic carbocycles. The summed E-state index contributed by atoms with van der Waals surface area (Å²) < 4.78 is 7.58. The quantitative estimate of drug-likeness (QED) is 0.614. The summed E-state index contributed by atoms with van der Waals surface area (Å²) in [7, 11) is 0. The van der Waals surface area contributed by atoms with Gasteiger partial charge in [-0.15, -0.1) is 5.10 Å². The van der Waals surface area contributed by atoms with Crippen molar-refractivity contribution in [2.24, 2.45) is 0 Å². The molecule has 3 aromatic heterocycles. The van der Waals surface area contributed by atoms with Gasteiger partial charge >= 0.3 is 0 Å². The highest BCUT2D eigenvalue weighted by atomic mass is 16.5. The van der Waals surface area contributed by atoms with E-state index in [-0.39, 0.29) is 8.96 Å². The first-order valence-corrected chi connectivity index (χ1v) is 7.85.